The van der Waals surface area contributed by atoms with Crippen molar-refractivity contribution in [3.8, 4) is 11.5 Å². The first-order chi connectivity index (χ1) is 16.7. The van der Waals surface area contributed by atoms with Gasteiger partial charge in [0.25, 0.3) is 0 Å². The van der Waals surface area contributed by atoms with E-state index in [9.17, 15) is 22.0 Å². The molecule has 9 heteroatoms. The number of rotatable bonds is 7. The van der Waals surface area contributed by atoms with Crippen molar-refractivity contribution in [2.24, 2.45) is 0 Å². The Morgan fingerprint density at radius 2 is 1.40 bits per heavy atom. The fraction of sp³-hybridized carbons (Fsp3) is 0.269. The average molecular weight is 502 g/mol. The van der Waals surface area contributed by atoms with Crippen molar-refractivity contribution in [3.05, 3.63) is 89.5 Å². The van der Waals surface area contributed by atoms with Crippen LogP contribution in [0.25, 0.3) is 0 Å². The van der Waals surface area contributed by atoms with E-state index in [1.807, 2.05) is 0 Å². The lowest BCUT2D eigenvalue weighted by molar-refractivity contribution is -0.122. The first-order valence-electron chi connectivity index (χ1n) is 11.0. The van der Waals surface area contributed by atoms with Crippen LogP contribution in [0.3, 0.4) is 0 Å². The second-order valence-corrected chi connectivity index (χ2v) is 10.2. The normalized spacial score (nSPS) is 16.9. The predicted molar refractivity (Wildman–Crippen MR) is 126 cm³/mol. The number of ketones is 1. The third-order valence-electron chi connectivity index (χ3n) is 6.22. The molecule has 0 aromatic heterocycles. The Hall–Kier alpha value is -3.30. The Bertz CT molecular complexity index is 1270. The standard InChI is InChI=1S/C26H25F2NO5S/c1-33-24-12-11-22(16-25(24)34-2)35(31,32)29-14-13-21(30)15-23(29)26(17-3-7-19(27)8-4-17)18-5-9-20(28)10-6-18/h3-12,16,23,26H,13-15H2,1-2H3. The molecule has 0 aliphatic carbocycles. The molecule has 4 rings (SSSR count). The molecule has 0 N–H and O–H groups in total. The minimum absolute atomic E-state index is 0.00791. The van der Waals surface area contributed by atoms with Gasteiger partial charge in [0.05, 0.1) is 19.1 Å². The molecule has 35 heavy (non-hydrogen) atoms. The summed E-state index contributed by atoms with van der Waals surface area (Å²) < 4.78 is 66.9. The molecule has 1 heterocycles. The van der Waals surface area contributed by atoms with E-state index in [4.69, 9.17) is 9.47 Å². The maximum absolute atomic E-state index is 13.8. The Labute approximate surface area is 203 Å². The Balaban J connectivity index is 1.84. The van der Waals surface area contributed by atoms with E-state index < -0.39 is 33.6 Å². The molecule has 1 aliphatic heterocycles. The van der Waals surface area contributed by atoms with E-state index in [1.54, 1.807) is 24.3 Å². The zero-order valence-corrected chi connectivity index (χ0v) is 20.1. The lowest BCUT2D eigenvalue weighted by Gasteiger charge is -2.39. The molecule has 3 aromatic carbocycles. The number of hydrogen-bond donors (Lipinski definition) is 0. The Morgan fingerprint density at radius 3 is 1.91 bits per heavy atom. The summed E-state index contributed by atoms with van der Waals surface area (Å²) in [5, 5.41) is 0. The van der Waals surface area contributed by atoms with E-state index in [-0.39, 0.29) is 35.8 Å². The van der Waals surface area contributed by atoms with Crippen molar-refractivity contribution in [3.63, 3.8) is 0 Å². The van der Waals surface area contributed by atoms with Crippen LogP contribution in [0.4, 0.5) is 8.78 Å². The number of carbonyl (C=O) groups is 1. The van der Waals surface area contributed by atoms with Gasteiger partial charge in [-0.25, -0.2) is 17.2 Å². The van der Waals surface area contributed by atoms with Gasteiger partial charge in [-0.3, -0.25) is 4.79 Å². The fourth-order valence-corrected chi connectivity index (χ4v) is 6.16. The summed E-state index contributed by atoms with van der Waals surface area (Å²) in [5.41, 5.74) is 1.23. The predicted octanol–water partition coefficient (Wildman–Crippen LogP) is 4.54. The lowest BCUT2D eigenvalue weighted by atomic mass is 9.81. The summed E-state index contributed by atoms with van der Waals surface area (Å²) in [6.07, 6.45) is 0.0362. The number of Topliss-reactive ketones (excluding diaryl/α,β-unsaturated/α-hetero) is 1. The third kappa shape index (κ3) is 5.06. The maximum atomic E-state index is 13.8. The van der Waals surface area contributed by atoms with Gasteiger partial charge in [-0.1, -0.05) is 24.3 Å². The Morgan fingerprint density at radius 1 is 0.857 bits per heavy atom. The van der Waals surface area contributed by atoms with E-state index in [2.05, 4.69) is 0 Å². The number of ether oxygens (including phenoxy) is 2. The van der Waals surface area contributed by atoms with E-state index >= 15 is 0 Å². The summed E-state index contributed by atoms with van der Waals surface area (Å²) in [7, 11) is -1.21. The summed E-state index contributed by atoms with van der Waals surface area (Å²) in [6.45, 7) is -0.0148. The molecule has 1 fully saturated rings. The highest BCUT2D eigenvalue weighted by molar-refractivity contribution is 7.89. The highest BCUT2D eigenvalue weighted by atomic mass is 32.2. The van der Waals surface area contributed by atoms with Crippen LogP contribution in [0, 0.1) is 11.6 Å². The number of methoxy groups -OCH3 is 2. The molecule has 3 aromatic rings. The third-order valence-corrected chi connectivity index (χ3v) is 8.14. The number of sulfonamides is 1. The van der Waals surface area contributed by atoms with Gasteiger partial charge in [-0.05, 0) is 47.5 Å². The molecule has 1 unspecified atom stereocenters. The van der Waals surface area contributed by atoms with Crippen LogP contribution >= 0.6 is 0 Å². The molecule has 6 nitrogen and oxygen atoms in total. The van der Waals surface area contributed by atoms with Crippen molar-refractivity contribution < 1.29 is 31.5 Å². The SMILES string of the molecule is COc1ccc(S(=O)(=O)N2CCC(=O)CC2C(c2ccc(F)cc2)c2ccc(F)cc2)cc1OC. The minimum atomic E-state index is -4.07. The van der Waals surface area contributed by atoms with Gasteiger partial charge in [0.15, 0.2) is 11.5 Å². The van der Waals surface area contributed by atoms with Crippen molar-refractivity contribution in [2.45, 2.75) is 29.7 Å². The number of benzene rings is 3. The quantitative estimate of drug-likeness (QED) is 0.476. The number of carbonyl (C=O) groups excluding carboxylic acids is 1. The molecular weight excluding hydrogens is 476 g/mol. The Kier molecular flexibility index (Phi) is 7.18. The van der Waals surface area contributed by atoms with Crippen LogP contribution in [0.5, 0.6) is 11.5 Å². The van der Waals surface area contributed by atoms with Crippen molar-refractivity contribution in [1.29, 1.82) is 0 Å². The smallest absolute Gasteiger partial charge is 0.243 e. The molecule has 1 saturated heterocycles. The van der Waals surface area contributed by atoms with Gasteiger partial charge in [-0.2, -0.15) is 4.31 Å². The zero-order valence-electron chi connectivity index (χ0n) is 19.3. The maximum Gasteiger partial charge on any atom is 0.243 e. The minimum Gasteiger partial charge on any atom is -0.493 e. The van der Waals surface area contributed by atoms with Gasteiger partial charge in [-0.15, -0.1) is 0 Å². The van der Waals surface area contributed by atoms with Gasteiger partial charge in [0, 0.05) is 37.4 Å². The summed E-state index contributed by atoms with van der Waals surface area (Å²) in [6, 6.07) is 14.9. The van der Waals surface area contributed by atoms with Gasteiger partial charge in [0.2, 0.25) is 10.0 Å². The summed E-state index contributed by atoms with van der Waals surface area (Å²) in [4.78, 5) is 12.6. The fourth-order valence-electron chi connectivity index (χ4n) is 4.51. The number of piperidine rings is 1. The molecule has 1 atom stereocenters. The van der Waals surface area contributed by atoms with Crippen LogP contribution in [-0.2, 0) is 14.8 Å². The molecule has 0 spiro atoms. The topological polar surface area (TPSA) is 72.9 Å². The largest absolute Gasteiger partial charge is 0.493 e. The van der Waals surface area contributed by atoms with Crippen LogP contribution in [0.1, 0.15) is 29.9 Å². The lowest BCUT2D eigenvalue weighted by Crippen LogP contribution is -2.49. The summed E-state index contributed by atoms with van der Waals surface area (Å²) >= 11 is 0. The molecule has 1 aliphatic rings. The highest BCUT2D eigenvalue weighted by Crippen LogP contribution is 2.39. The van der Waals surface area contributed by atoms with Crippen LogP contribution in [0.2, 0.25) is 0 Å². The second kappa shape index (κ2) is 10.1. The van der Waals surface area contributed by atoms with Crippen molar-refractivity contribution in [1.82, 2.24) is 4.31 Å². The van der Waals surface area contributed by atoms with Gasteiger partial charge < -0.3 is 9.47 Å². The van der Waals surface area contributed by atoms with Crippen molar-refractivity contribution in [2.75, 3.05) is 20.8 Å². The molecule has 0 amide bonds. The first-order valence-corrected chi connectivity index (χ1v) is 12.4. The first kappa shape index (κ1) is 24.8. The van der Waals surface area contributed by atoms with Crippen LogP contribution in [-0.4, -0.2) is 45.3 Å². The second-order valence-electron chi connectivity index (χ2n) is 8.27. The number of halogens is 2. The number of nitrogens with zero attached hydrogens (tertiary/aromatic N) is 1. The molecule has 184 valence electrons. The zero-order chi connectivity index (χ0) is 25.2. The van der Waals surface area contributed by atoms with Gasteiger partial charge >= 0.3 is 0 Å². The highest BCUT2D eigenvalue weighted by Gasteiger charge is 2.41. The molecule has 0 radical (unpaired) electrons. The number of hydrogen-bond acceptors (Lipinski definition) is 5. The summed E-state index contributed by atoms with van der Waals surface area (Å²) in [5.74, 6) is -0.959. The van der Waals surface area contributed by atoms with E-state index in [0.717, 1.165) is 0 Å². The van der Waals surface area contributed by atoms with E-state index in [1.165, 1.54) is 61.0 Å². The van der Waals surface area contributed by atoms with E-state index in [0.29, 0.717) is 16.9 Å². The average Bonchev–Trinajstić information content (AvgIpc) is 2.86. The molecule has 0 saturated carbocycles. The molecular formula is C26H25F2NO5S. The van der Waals surface area contributed by atoms with Crippen LogP contribution in [0.15, 0.2) is 71.6 Å². The van der Waals surface area contributed by atoms with Crippen LogP contribution < -0.4 is 9.47 Å². The van der Waals surface area contributed by atoms with Gasteiger partial charge in [0.1, 0.15) is 17.4 Å². The monoisotopic (exact) mass is 501 g/mol. The molecule has 0 bridgehead atoms. The van der Waals surface area contributed by atoms with Crippen molar-refractivity contribution >= 4 is 15.8 Å².